The van der Waals surface area contributed by atoms with Gasteiger partial charge in [0, 0.05) is 19.8 Å². The lowest BCUT2D eigenvalue weighted by atomic mass is 10.0. The van der Waals surface area contributed by atoms with Crippen molar-refractivity contribution in [2.75, 3.05) is 13.7 Å². The van der Waals surface area contributed by atoms with Crippen LogP contribution in [-0.2, 0) is 4.74 Å². The zero-order valence-corrected chi connectivity index (χ0v) is 7.55. The predicted molar refractivity (Wildman–Crippen MR) is 46.4 cm³/mol. The molecule has 0 heterocycles. The van der Waals surface area contributed by atoms with Gasteiger partial charge in [-0.3, -0.25) is 0 Å². The molecular weight excluding hydrogens is 138 g/mol. The van der Waals surface area contributed by atoms with E-state index >= 15 is 0 Å². The highest BCUT2D eigenvalue weighted by Gasteiger charge is 2.29. The first kappa shape index (κ1) is 9.01. The van der Waals surface area contributed by atoms with E-state index < -0.39 is 0 Å². The summed E-state index contributed by atoms with van der Waals surface area (Å²) in [5, 5.41) is 0. The maximum atomic E-state index is 5.95. The van der Waals surface area contributed by atoms with Crippen LogP contribution in [0.5, 0.6) is 0 Å². The van der Waals surface area contributed by atoms with Crippen LogP contribution < -0.4 is 5.73 Å². The zero-order valence-electron chi connectivity index (χ0n) is 7.55. The second-order valence-corrected chi connectivity index (χ2v) is 3.62. The number of nitrogens with two attached hydrogens (primary N) is 1. The second-order valence-electron chi connectivity index (χ2n) is 3.62. The van der Waals surface area contributed by atoms with E-state index in [2.05, 4.69) is 6.92 Å². The average molecular weight is 157 g/mol. The van der Waals surface area contributed by atoms with E-state index in [0.717, 1.165) is 24.9 Å². The first-order valence-corrected chi connectivity index (χ1v) is 4.52. The molecule has 0 spiro atoms. The molecule has 2 heteroatoms. The van der Waals surface area contributed by atoms with Gasteiger partial charge in [0.1, 0.15) is 0 Å². The average Bonchev–Trinajstić information content (AvgIpc) is 2.32. The van der Waals surface area contributed by atoms with Crippen LogP contribution in [0.2, 0.25) is 0 Å². The van der Waals surface area contributed by atoms with Gasteiger partial charge in [-0.1, -0.05) is 13.3 Å². The Balaban J connectivity index is 2.30. The SMILES string of the molecule is CC[C@@H]1C[C@@H](COC)C[C@H]1N. The van der Waals surface area contributed by atoms with Gasteiger partial charge < -0.3 is 10.5 Å². The molecule has 2 nitrogen and oxygen atoms in total. The minimum absolute atomic E-state index is 0.431. The number of rotatable bonds is 3. The van der Waals surface area contributed by atoms with Crippen LogP contribution in [0.25, 0.3) is 0 Å². The first-order chi connectivity index (χ1) is 5.27. The summed E-state index contributed by atoms with van der Waals surface area (Å²) in [5.41, 5.74) is 5.95. The smallest absolute Gasteiger partial charge is 0.0491 e. The Bertz CT molecular complexity index is 116. The van der Waals surface area contributed by atoms with Crippen LogP contribution in [0.4, 0.5) is 0 Å². The van der Waals surface area contributed by atoms with E-state index in [0.29, 0.717) is 6.04 Å². The van der Waals surface area contributed by atoms with Gasteiger partial charge in [-0.2, -0.15) is 0 Å². The topological polar surface area (TPSA) is 35.2 Å². The van der Waals surface area contributed by atoms with E-state index in [1.165, 1.54) is 12.8 Å². The highest BCUT2D eigenvalue weighted by atomic mass is 16.5. The van der Waals surface area contributed by atoms with Crippen molar-refractivity contribution >= 4 is 0 Å². The Morgan fingerprint density at radius 1 is 1.45 bits per heavy atom. The predicted octanol–water partition coefficient (Wildman–Crippen LogP) is 1.40. The Kier molecular flexibility index (Phi) is 3.34. The molecule has 0 aliphatic heterocycles. The van der Waals surface area contributed by atoms with Crippen molar-refractivity contribution in [2.24, 2.45) is 17.6 Å². The van der Waals surface area contributed by atoms with Crippen molar-refractivity contribution in [1.29, 1.82) is 0 Å². The van der Waals surface area contributed by atoms with E-state index in [-0.39, 0.29) is 0 Å². The summed E-state index contributed by atoms with van der Waals surface area (Å²) in [7, 11) is 1.77. The summed E-state index contributed by atoms with van der Waals surface area (Å²) in [5.74, 6) is 1.47. The molecule has 0 unspecified atom stereocenters. The lowest BCUT2D eigenvalue weighted by Gasteiger charge is -2.10. The number of hydrogen-bond acceptors (Lipinski definition) is 2. The molecule has 1 aliphatic rings. The molecule has 66 valence electrons. The molecule has 0 saturated heterocycles. The minimum atomic E-state index is 0.431. The summed E-state index contributed by atoms with van der Waals surface area (Å²) < 4.78 is 5.11. The zero-order chi connectivity index (χ0) is 8.27. The Morgan fingerprint density at radius 2 is 2.18 bits per heavy atom. The van der Waals surface area contributed by atoms with E-state index in [1.807, 2.05) is 0 Å². The van der Waals surface area contributed by atoms with Crippen LogP contribution in [0.1, 0.15) is 26.2 Å². The molecule has 0 bridgehead atoms. The van der Waals surface area contributed by atoms with Crippen LogP contribution in [0.3, 0.4) is 0 Å². The lowest BCUT2D eigenvalue weighted by Crippen LogP contribution is -2.23. The van der Waals surface area contributed by atoms with Crippen LogP contribution >= 0.6 is 0 Å². The van der Waals surface area contributed by atoms with Gasteiger partial charge in [0.2, 0.25) is 0 Å². The van der Waals surface area contributed by atoms with Gasteiger partial charge in [0.05, 0.1) is 0 Å². The van der Waals surface area contributed by atoms with Gasteiger partial charge in [0.15, 0.2) is 0 Å². The van der Waals surface area contributed by atoms with Gasteiger partial charge in [-0.05, 0) is 24.7 Å². The van der Waals surface area contributed by atoms with Crippen molar-refractivity contribution < 1.29 is 4.74 Å². The third-order valence-corrected chi connectivity index (χ3v) is 2.77. The molecule has 1 aliphatic carbocycles. The second kappa shape index (κ2) is 4.07. The quantitative estimate of drug-likeness (QED) is 0.672. The van der Waals surface area contributed by atoms with Crippen molar-refractivity contribution in [3.05, 3.63) is 0 Å². The highest BCUT2D eigenvalue weighted by Crippen LogP contribution is 2.31. The van der Waals surface area contributed by atoms with Gasteiger partial charge in [0.25, 0.3) is 0 Å². The Morgan fingerprint density at radius 3 is 2.64 bits per heavy atom. The third-order valence-electron chi connectivity index (χ3n) is 2.77. The molecule has 0 aromatic heterocycles. The van der Waals surface area contributed by atoms with Crippen molar-refractivity contribution in [3.63, 3.8) is 0 Å². The molecule has 3 atom stereocenters. The maximum absolute atomic E-state index is 5.95. The molecule has 1 saturated carbocycles. The van der Waals surface area contributed by atoms with Crippen molar-refractivity contribution in [3.8, 4) is 0 Å². The first-order valence-electron chi connectivity index (χ1n) is 4.52. The summed E-state index contributed by atoms with van der Waals surface area (Å²) in [4.78, 5) is 0. The van der Waals surface area contributed by atoms with Crippen LogP contribution in [-0.4, -0.2) is 19.8 Å². The molecular formula is C9H19NO. The van der Waals surface area contributed by atoms with E-state index in [1.54, 1.807) is 7.11 Å². The molecule has 2 N–H and O–H groups in total. The summed E-state index contributed by atoms with van der Waals surface area (Å²) in [6.45, 7) is 3.11. The fourth-order valence-corrected chi connectivity index (χ4v) is 2.12. The molecule has 11 heavy (non-hydrogen) atoms. The Hall–Kier alpha value is -0.0800. The molecule has 1 fully saturated rings. The normalized spacial score (nSPS) is 37.9. The van der Waals surface area contributed by atoms with Crippen LogP contribution in [0, 0.1) is 11.8 Å². The maximum Gasteiger partial charge on any atom is 0.0491 e. The third kappa shape index (κ3) is 2.17. The summed E-state index contributed by atoms with van der Waals surface area (Å²) in [6.07, 6.45) is 3.65. The molecule has 0 radical (unpaired) electrons. The molecule has 0 amide bonds. The lowest BCUT2D eigenvalue weighted by molar-refractivity contribution is 0.152. The summed E-state index contributed by atoms with van der Waals surface area (Å²) in [6, 6.07) is 0.431. The fourth-order valence-electron chi connectivity index (χ4n) is 2.12. The summed E-state index contributed by atoms with van der Waals surface area (Å²) >= 11 is 0. The Labute approximate surface area is 69.1 Å². The molecule has 0 aromatic rings. The van der Waals surface area contributed by atoms with Gasteiger partial charge in [-0.15, -0.1) is 0 Å². The fraction of sp³-hybridized carbons (Fsp3) is 1.00. The van der Waals surface area contributed by atoms with Gasteiger partial charge >= 0.3 is 0 Å². The molecule has 0 aromatic carbocycles. The molecule has 1 rings (SSSR count). The van der Waals surface area contributed by atoms with Crippen molar-refractivity contribution in [2.45, 2.75) is 32.2 Å². The largest absolute Gasteiger partial charge is 0.384 e. The van der Waals surface area contributed by atoms with E-state index in [9.17, 15) is 0 Å². The monoisotopic (exact) mass is 157 g/mol. The number of hydrogen-bond donors (Lipinski definition) is 1. The minimum Gasteiger partial charge on any atom is -0.384 e. The van der Waals surface area contributed by atoms with Crippen LogP contribution in [0.15, 0.2) is 0 Å². The number of methoxy groups -OCH3 is 1. The van der Waals surface area contributed by atoms with Gasteiger partial charge in [-0.25, -0.2) is 0 Å². The highest BCUT2D eigenvalue weighted by molar-refractivity contribution is 4.84. The standard InChI is InChI=1S/C9H19NO/c1-3-8-4-7(6-11-2)5-9(8)10/h7-9H,3-6,10H2,1-2H3/t7-,8-,9-/m1/s1. The van der Waals surface area contributed by atoms with E-state index in [4.69, 9.17) is 10.5 Å². The number of ether oxygens (including phenoxy) is 1. The van der Waals surface area contributed by atoms with Crippen molar-refractivity contribution in [1.82, 2.24) is 0 Å².